The fourth-order valence-electron chi connectivity index (χ4n) is 3.86. The van der Waals surface area contributed by atoms with Crippen LogP contribution in [-0.2, 0) is 9.59 Å². The number of nitrogens with zero attached hydrogens (tertiary/aromatic N) is 3. The molecule has 1 unspecified atom stereocenters. The van der Waals surface area contributed by atoms with Crippen LogP contribution in [0.2, 0.25) is 0 Å². The smallest absolute Gasteiger partial charge is 0.269 e. The first-order chi connectivity index (χ1) is 13.6. The number of para-hydroxylation sites is 1. The summed E-state index contributed by atoms with van der Waals surface area (Å²) in [6, 6.07) is 17.0. The number of carbonyl (C=O) groups excluding carboxylic acids is 2. The average Bonchev–Trinajstić information content (AvgIpc) is 2.84. The molecule has 0 bridgehead atoms. The van der Waals surface area contributed by atoms with E-state index in [4.69, 9.17) is 0 Å². The molecule has 2 aromatic carbocycles. The van der Waals surface area contributed by atoms with Crippen LogP contribution < -0.4 is 15.9 Å². The number of hydrogen-bond donors (Lipinski definition) is 1. The number of amides is 2. The van der Waals surface area contributed by atoms with E-state index < -0.39 is 6.04 Å². The van der Waals surface area contributed by atoms with Gasteiger partial charge in [0.2, 0.25) is 5.91 Å². The second-order valence-electron chi connectivity index (χ2n) is 7.14. The minimum Gasteiger partial charge on any atom is -0.361 e. The van der Waals surface area contributed by atoms with Gasteiger partial charge in [0.15, 0.2) is 0 Å². The highest BCUT2D eigenvalue weighted by atomic mass is 16.2. The maximum absolute atomic E-state index is 13.0. The Morgan fingerprint density at radius 2 is 1.75 bits per heavy atom. The van der Waals surface area contributed by atoms with Gasteiger partial charge in [-0.3, -0.25) is 9.59 Å². The van der Waals surface area contributed by atoms with E-state index in [-0.39, 0.29) is 18.2 Å². The van der Waals surface area contributed by atoms with E-state index in [9.17, 15) is 9.59 Å². The molecule has 4 rings (SSSR count). The number of hydrogen-bond acceptors (Lipinski definition) is 4. The normalized spacial score (nSPS) is 19.7. The van der Waals surface area contributed by atoms with E-state index >= 15 is 0 Å². The summed E-state index contributed by atoms with van der Waals surface area (Å²) in [4.78, 5) is 33.9. The SMILES string of the molecule is CN1C(c2ccccc2)=c2ccccc2=NC(=O)C1CC(=O)N1CCNCC1. The number of nitrogens with one attached hydrogen (secondary N) is 1. The summed E-state index contributed by atoms with van der Waals surface area (Å²) in [7, 11) is 1.88. The van der Waals surface area contributed by atoms with Gasteiger partial charge >= 0.3 is 0 Å². The Balaban J connectivity index is 1.76. The molecule has 6 nitrogen and oxygen atoms in total. The van der Waals surface area contributed by atoms with Crippen molar-refractivity contribution in [3.63, 3.8) is 0 Å². The van der Waals surface area contributed by atoms with E-state index in [0.29, 0.717) is 18.4 Å². The summed E-state index contributed by atoms with van der Waals surface area (Å²) in [5.74, 6) is -0.273. The molecule has 6 heteroatoms. The monoisotopic (exact) mass is 376 g/mol. The first-order valence-electron chi connectivity index (χ1n) is 9.64. The standard InChI is InChI=1S/C22H24N4O2/c1-25-19(15-20(27)26-13-11-23-12-14-26)22(28)24-18-10-6-5-9-17(18)21(25)16-7-3-2-4-8-16/h2-10,19,23H,11-15H2,1H3. The Bertz CT molecular complexity index is 997. The first-order valence-corrected chi connectivity index (χ1v) is 9.64. The second-order valence-corrected chi connectivity index (χ2v) is 7.14. The fraction of sp³-hybridized carbons (Fsp3) is 0.318. The third-order valence-corrected chi connectivity index (χ3v) is 5.38. The van der Waals surface area contributed by atoms with Gasteiger partial charge < -0.3 is 15.1 Å². The Morgan fingerprint density at radius 1 is 1.07 bits per heavy atom. The van der Waals surface area contributed by atoms with Crippen LogP contribution in [0.1, 0.15) is 12.0 Å². The third kappa shape index (κ3) is 3.55. The molecule has 1 saturated heterocycles. The summed E-state index contributed by atoms with van der Waals surface area (Å²) >= 11 is 0. The van der Waals surface area contributed by atoms with E-state index in [1.807, 2.05) is 71.4 Å². The Hall–Kier alpha value is -2.99. The third-order valence-electron chi connectivity index (χ3n) is 5.38. The molecule has 2 aliphatic heterocycles. The number of fused-ring (bicyclic) bond motifs is 1. The molecule has 0 radical (unpaired) electrons. The van der Waals surface area contributed by atoms with Gasteiger partial charge in [-0.05, 0) is 11.6 Å². The van der Waals surface area contributed by atoms with Crippen molar-refractivity contribution in [3.05, 3.63) is 70.7 Å². The largest absolute Gasteiger partial charge is 0.361 e. The predicted molar refractivity (Wildman–Crippen MR) is 107 cm³/mol. The van der Waals surface area contributed by atoms with Gasteiger partial charge in [0.05, 0.1) is 17.5 Å². The quantitative estimate of drug-likeness (QED) is 0.827. The molecule has 0 aromatic heterocycles. The van der Waals surface area contributed by atoms with Crippen molar-refractivity contribution in [2.45, 2.75) is 12.5 Å². The van der Waals surface area contributed by atoms with Gasteiger partial charge in [-0.2, -0.15) is 0 Å². The van der Waals surface area contributed by atoms with E-state index in [2.05, 4.69) is 10.3 Å². The van der Waals surface area contributed by atoms with Gasteiger partial charge in [0.25, 0.3) is 5.91 Å². The molecule has 1 fully saturated rings. The minimum absolute atomic E-state index is 0.000248. The first kappa shape index (κ1) is 18.4. The molecule has 2 aromatic rings. The Kier molecular flexibility index (Phi) is 5.21. The number of likely N-dealkylation sites (N-methyl/N-ethyl adjacent to an activating group) is 1. The zero-order valence-corrected chi connectivity index (χ0v) is 16.0. The molecular weight excluding hydrogens is 352 g/mol. The molecule has 0 saturated carbocycles. The van der Waals surface area contributed by atoms with Gasteiger partial charge in [-0.25, -0.2) is 4.99 Å². The summed E-state index contributed by atoms with van der Waals surface area (Å²) in [6.07, 6.45) is 0.128. The van der Waals surface area contributed by atoms with Crippen LogP contribution in [0, 0.1) is 0 Å². The van der Waals surface area contributed by atoms with Gasteiger partial charge in [0.1, 0.15) is 6.04 Å². The zero-order valence-electron chi connectivity index (χ0n) is 16.0. The lowest BCUT2D eigenvalue weighted by molar-refractivity contribution is -0.135. The van der Waals surface area contributed by atoms with Crippen molar-refractivity contribution in [2.24, 2.45) is 4.99 Å². The molecule has 0 aliphatic carbocycles. The lowest BCUT2D eigenvalue weighted by Crippen LogP contribution is -2.49. The Labute approximate surface area is 164 Å². The molecule has 28 heavy (non-hydrogen) atoms. The van der Waals surface area contributed by atoms with Gasteiger partial charge in [0, 0.05) is 38.4 Å². The molecule has 2 amide bonds. The van der Waals surface area contributed by atoms with Crippen LogP contribution >= 0.6 is 0 Å². The van der Waals surface area contributed by atoms with E-state index in [0.717, 1.165) is 29.6 Å². The molecule has 1 atom stereocenters. The maximum atomic E-state index is 13.0. The van der Waals surface area contributed by atoms with Gasteiger partial charge in [-0.1, -0.05) is 48.5 Å². The van der Waals surface area contributed by atoms with Crippen LogP contribution in [0.15, 0.2) is 59.6 Å². The highest BCUT2D eigenvalue weighted by Crippen LogP contribution is 2.21. The fourth-order valence-corrected chi connectivity index (χ4v) is 3.86. The molecule has 144 valence electrons. The molecule has 2 heterocycles. The van der Waals surface area contributed by atoms with Crippen LogP contribution in [0.3, 0.4) is 0 Å². The number of benzene rings is 2. The molecule has 1 N–H and O–H groups in total. The van der Waals surface area contributed by atoms with Crippen LogP contribution in [0.4, 0.5) is 0 Å². The van der Waals surface area contributed by atoms with Crippen molar-refractivity contribution in [3.8, 4) is 0 Å². The summed E-state index contributed by atoms with van der Waals surface area (Å²) < 4.78 is 0. The number of carbonyl (C=O) groups is 2. The van der Waals surface area contributed by atoms with E-state index in [1.165, 1.54) is 0 Å². The molecule has 2 aliphatic rings. The highest BCUT2D eigenvalue weighted by Gasteiger charge is 2.31. The van der Waals surface area contributed by atoms with E-state index in [1.54, 1.807) is 0 Å². The molecule has 0 spiro atoms. The number of rotatable bonds is 3. The zero-order chi connectivity index (χ0) is 19.5. The highest BCUT2D eigenvalue weighted by molar-refractivity contribution is 5.91. The van der Waals surface area contributed by atoms with Crippen molar-refractivity contribution < 1.29 is 9.59 Å². The summed E-state index contributed by atoms with van der Waals surface area (Å²) in [5.41, 5.74) is 1.92. The number of piperazine rings is 1. The minimum atomic E-state index is -0.620. The van der Waals surface area contributed by atoms with Crippen molar-refractivity contribution >= 4 is 17.5 Å². The molecular formula is C22H24N4O2. The van der Waals surface area contributed by atoms with Crippen LogP contribution in [0.25, 0.3) is 5.70 Å². The lowest BCUT2D eigenvalue weighted by Gasteiger charge is -2.32. The lowest BCUT2D eigenvalue weighted by atomic mass is 10.0. The van der Waals surface area contributed by atoms with Crippen molar-refractivity contribution in [1.82, 2.24) is 15.1 Å². The van der Waals surface area contributed by atoms with Gasteiger partial charge in [-0.15, -0.1) is 0 Å². The van der Waals surface area contributed by atoms with Crippen molar-refractivity contribution in [2.75, 3.05) is 33.2 Å². The Morgan fingerprint density at radius 3 is 2.50 bits per heavy atom. The topological polar surface area (TPSA) is 65.0 Å². The summed E-state index contributed by atoms with van der Waals surface area (Å²) in [5, 5.41) is 4.80. The van der Waals surface area contributed by atoms with Crippen LogP contribution in [-0.4, -0.2) is 60.9 Å². The second kappa shape index (κ2) is 7.94. The van der Waals surface area contributed by atoms with Crippen molar-refractivity contribution in [1.29, 1.82) is 0 Å². The average molecular weight is 376 g/mol. The maximum Gasteiger partial charge on any atom is 0.269 e. The van der Waals surface area contributed by atoms with Crippen LogP contribution in [0.5, 0.6) is 0 Å². The predicted octanol–water partition coefficient (Wildman–Crippen LogP) is 0.125. The summed E-state index contributed by atoms with van der Waals surface area (Å²) in [6.45, 7) is 2.93.